The molecule has 0 radical (unpaired) electrons. The molecule has 0 spiro atoms. The van der Waals surface area contributed by atoms with Crippen molar-refractivity contribution in [2.45, 2.75) is 19.8 Å². The Kier molecular flexibility index (Phi) is 5.39. The molecule has 2 aliphatic heterocycles. The van der Waals surface area contributed by atoms with Gasteiger partial charge in [0, 0.05) is 46.2 Å². The SMILES string of the molecule is COc1ccc2nc(N3CCCC(C(=O)N4CCN(C(C)=O)CC4)C3)sc2c1. The van der Waals surface area contributed by atoms with E-state index in [1.807, 2.05) is 28.0 Å². The summed E-state index contributed by atoms with van der Waals surface area (Å²) in [5.74, 6) is 1.14. The van der Waals surface area contributed by atoms with Crippen molar-refractivity contribution in [1.29, 1.82) is 0 Å². The van der Waals surface area contributed by atoms with Gasteiger partial charge in [0.05, 0.1) is 23.2 Å². The maximum atomic E-state index is 13.0. The molecule has 3 heterocycles. The van der Waals surface area contributed by atoms with Crippen LogP contribution in [0, 0.1) is 5.92 Å². The van der Waals surface area contributed by atoms with Crippen LogP contribution in [0.25, 0.3) is 10.2 Å². The summed E-state index contributed by atoms with van der Waals surface area (Å²) in [5.41, 5.74) is 0.967. The molecular formula is C20H26N4O3S. The van der Waals surface area contributed by atoms with Crippen LogP contribution in [0.3, 0.4) is 0 Å². The normalized spacial score (nSPS) is 20.5. The first-order chi connectivity index (χ1) is 13.5. The summed E-state index contributed by atoms with van der Waals surface area (Å²) in [6.45, 7) is 5.77. The molecule has 0 aliphatic carbocycles. The molecule has 150 valence electrons. The van der Waals surface area contributed by atoms with Gasteiger partial charge in [0.1, 0.15) is 5.75 Å². The minimum absolute atomic E-state index is 0.000763. The van der Waals surface area contributed by atoms with E-state index in [0.29, 0.717) is 32.7 Å². The molecule has 1 aromatic carbocycles. The highest BCUT2D eigenvalue weighted by Crippen LogP contribution is 2.33. The largest absolute Gasteiger partial charge is 0.497 e. The highest BCUT2D eigenvalue weighted by molar-refractivity contribution is 7.22. The number of fused-ring (bicyclic) bond motifs is 1. The van der Waals surface area contributed by atoms with Gasteiger partial charge < -0.3 is 19.4 Å². The van der Waals surface area contributed by atoms with Crippen molar-refractivity contribution >= 4 is 38.5 Å². The lowest BCUT2D eigenvalue weighted by Crippen LogP contribution is -2.53. The van der Waals surface area contributed by atoms with Crippen molar-refractivity contribution in [3.63, 3.8) is 0 Å². The van der Waals surface area contributed by atoms with Gasteiger partial charge in [-0.2, -0.15) is 0 Å². The van der Waals surface area contributed by atoms with Gasteiger partial charge in [-0.05, 0) is 31.0 Å². The quantitative estimate of drug-likeness (QED) is 0.788. The van der Waals surface area contributed by atoms with Crippen LogP contribution in [-0.4, -0.2) is 73.0 Å². The number of carbonyl (C=O) groups is 2. The lowest BCUT2D eigenvalue weighted by Gasteiger charge is -2.38. The first-order valence-electron chi connectivity index (χ1n) is 9.79. The number of aromatic nitrogens is 1. The van der Waals surface area contributed by atoms with Crippen molar-refractivity contribution in [2.24, 2.45) is 5.92 Å². The molecule has 2 aromatic rings. The average molecular weight is 403 g/mol. The molecule has 7 nitrogen and oxygen atoms in total. The number of anilines is 1. The summed E-state index contributed by atoms with van der Waals surface area (Å²) >= 11 is 1.65. The van der Waals surface area contributed by atoms with Gasteiger partial charge in [0.15, 0.2) is 5.13 Å². The Morgan fingerprint density at radius 3 is 2.61 bits per heavy atom. The van der Waals surface area contributed by atoms with Crippen LogP contribution in [0.2, 0.25) is 0 Å². The third-order valence-corrected chi connectivity index (χ3v) is 6.74. The number of benzene rings is 1. The fraction of sp³-hybridized carbons (Fsp3) is 0.550. The summed E-state index contributed by atoms with van der Waals surface area (Å²) in [5, 5.41) is 0.974. The van der Waals surface area contributed by atoms with Crippen LogP contribution in [0.5, 0.6) is 5.75 Å². The number of nitrogens with zero attached hydrogens (tertiary/aromatic N) is 4. The Bertz CT molecular complexity index is 875. The van der Waals surface area contributed by atoms with Crippen molar-refractivity contribution in [3.8, 4) is 5.75 Å². The Balaban J connectivity index is 1.43. The predicted molar refractivity (Wildman–Crippen MR) is 110 cm³/mol. The zero-order chi connectivity index (χ0) is 19.7. The summed E-state index contributed by atoms with van der Waals surface area (Å²) in [6.07, 6.45) is 1.91. The zero-order valence-electron chi connectivity index (χ0n) is 16.4. The minimum Gasteiger partial charge on any atom is -0.497 e. The van der Waals surface area contributed by atoms with E-state index in [1.165, 1.54) is 0 Å². The Morgan fingerprint density at radius 1 is 1.14 bits per heavy atom. The standard InChI is InChI=1S/C20H26N4O3S/c1-14(25)22-8-10-23(11-9-22)19(26)15-4-3-7-24(13-15)20-21-17-6-5-16(27-2)12-18(17)28-20/h5-6,12,15H,3-4,7-11,13H2,1-2H3. The number of piperidine rings is 1. The second-order valence-electron chi connectivity index (χ2n) is 7.45. The number of rotatable bonds is 3. The van der Waals surface area contributed by atoms with Crippen LogP contribution < -0.4 is 9.64 Å². The van der Waals surface area contributed by atoms with Gasteiger partial charge in [-0.3, -0.25) is 9.59 Å². The van der Waals surface area contributed by atoms with E-state index >= 15 is 0 Å². The molecule has 0 N–H and O–H groups in total. The predicted octanol–water partition coefficient (Wildman–Crippen LogP) is 2.21. The number of methoxy groups -OCH3 is 1. The Morgan fingerprint density at radius 2 is 1.89 bits per heavy atom. The topological polar surface area (TPSA) is 66.0 Å². The van der Waals surface area contributed by atoms with Crippen molar-refractivity contribution in [3.05, 3.63) is 18.2 Å². The fourth-order valence-electron chi connectivity index (χ4n) is 4.01. The summed E-state index contributed by atoms with van der Waals surface area (Å²) in [4.78, 5) is 35.3. The van der Waals surface area contributed by atoms with E-state index in [2.05, 4.69) is 4.90 Å². The lowest BCUT2D eigenvalue weighted by molar-refractivity contribution is -0.141. The second-order valence-corrected chi connectivity index (χ2v) is 8.46. The maximum Gasteiger partial charge on any atom is 0.227 e. The van der Waals surface area contributed by atoms with E-state index in [0.717, 1.165) is 40.5 Å². The number of hydrogen-bond donors (Lipinski definition) is 0. The number of ether oxygens (including phenoxy) is 1. The molecule has 1 unspecified atom stereocenters. The van der Waals surface area contributed by atoms with Crippen LogP contribution in [0.1, 0.15) is 19.8 Å². The van der Waals surface area contributed by atoms with Gasteiger partial charge >= 0.3 is 0 Å². The first-order valence-corrected chi connectivity index (χ1v) is 10.6. The number of carbonyl (C=O) groups excluding carboxylic acids is 2. The summed E-state index contributed by atoms with van der Waals surface area (Å²) < 4.78 is 6.41. The van der Waals surface area contributed by atoms with Crippen LogP contribution in [0.15, 0.2) is 18.2 Å². The number of thiazole rings is 1. The summed E-state index contributed by atoms with van der Waals surface area (Å²) in [7, 11) is 1.67. The number of hydrogen-bond acceptors (Lipinski definition) is 6. The molecule has 0 saturated carbocycles. The van der Waals surface area contributed by atoms with Gasteiger partial charge in [-0.25, -0.2) is 4.98 Å². The molecule has 28 heavy (non-hydrogen) atoms. The van der Waals surface area contributed by atoms with E-state index in [9.17, 15) is 9.59 Å². The van der Waals surface area contributed by atoms with E-state index in [1.54, 1.807) is 25.4 Å². The second kappa shape index (κ2) is 7.95. The smallest absolute Gasteiger partial charge is 0.227 e. The highest BCUT2D eigenvalue weighted by Gasteiger charge is 2.32. The molecule has 1 atom stereocenters. The van der Waals surface area contributed by atoms with Crippen LogP contribution in [-0.2, 0) is 9.59 Å². The lowest BCUT2D eigenvalue weighted by atomic mass is 9.96. The molecule has 2 fully saturated rings. The van der Waals surface area contributed by atoms with Crippen molar-refractivity contribution in [2.75, 3.05) is 51.3 Å². The van der Waals surface area contributed by atoms with Crippen molar-refractivity contribution in [1.82, 2.24) is 14.8 Å². The molecule has 2 aliphatic rings. The number of piperazine rings is 1. The van der Waals surface area contributed by atoms with Crippen LogP contribution in [0.4, 0.5) is 5.13 Å². The Hall–Kier alpha value is -2.35. The molecule has 2 amide bonds. The average Bonchev–Trinajstić information content (AvgIpc) is 3.16. The monoisotopic (exact) mass is 402 g/mol. The fourth-order valence-corrected chi connectivity index (χ4v) is 5.04. The number of amides is 2. The van der Waals surface area contributed by atoms with Crippen LogP contribution >= 0.6 is 11.3 Å². The van der Waals surface area contributed by atoms with Gasteiger partial charge in [0.2, 0.25) is 11.8 Å². The van der Waals surface area contributed by atoms with Gasteiger partial charge in [0.25, 0.3) is 0 Å². The molecule has 8 heteroatoms. The maximum absolute atomic E-state index is 13.0. The van der Waals surface area contributed by atoms with Gasteiger partial charge in [-0.1, -0.05) is 11.3 Å². The van der Waals surface area contributed by atoms with Crippen molar-refractivity contribution < 1.29 is 14.3 Å². The molecule has 1 aromatic heterocycles. The zero-order valence-corrected chi connectivity index (χ0v) is 17.2. The first kappa shape index (κ1) is 19.0. The third-order valence-electron chi connectivity index (χ3n) is 5.66. The summed E-state index contributed by atoms with van der Waals surface area (Å²) in [6, 6.07) is 5.92. The van der Waals surface area contributed by atoms with Gasteiger partial charge in [-0.15, -0.1) is 0 Å². The molecule has 0 bridgehead atoms. The molecular weight excluding hydrogens is 376 g/mol. The molecule has 4 rings (SSSR count). The van der Waals surface area contributed by atoms with E-state index in [-0.39, 0.29) is 17.7 Å². The van der Waals surface area contributed by atoms with E-state index in [4.69, 9.17) is 9.72 Å². The highest BCUT2D eigenvalue weighted by atomic mass is 32.1. The molecule has 2 saturated heterocycles. The van der Waals surface area contributed by atoms with E-state index < -0.39 is 0 Å². The minimum atomic E-state index is -0.000763. The Labute approximate surface area is 168 Å². The third kappa shape index (κ3) is 3.78.